The van der Waals surface area contributed by atoms with Gasteiger partial charge in [0.25, 0.3) is 5.91 Å². The zero-order chi connectivity index (χ0) is 15.4. The molecule has 1 heterocycles. The third kappa shape index (κ3) is 3.56. The van der Waals surface area contributed by atoms with Gasteiger partial charge in [0.05, 0.1) is 12.0 Å². The first kappa shape index (κ1) is 15.8. The van der Waals surface area contributed by atoms with E-state index < -0.39 is 5.97 Å². The summed E-state index contributed by atoms with van der Waals surface area (Å²) in [5.74, 6) is -1.21. The molecular formula is C15H22N2O3S. The van der Waals surface area contributed by atoms with Crippen LogP contribution in [0.2, 0.25) is 0 Å². The number of hydrogen-bond acceptors (Lipinski definition) is 4. The summed E-state index contributed by atoms with van der Waals surface area (Å²) in [6.07, 6.45) is 5.11. The molecule has 1 aliphatic carbocycles. The smallest absolute Gasteiger partial charge is 0.305 e. The third-order valence-electron chi connectivity index (χ3n) is 3.78. The highest BCUT2D eigenvalue weighted by Crippen LogP contribution is 2.40. The van der Waals surface area contributed by atoms with Crippen LogP contribution in [0.15, 0.2) is 0 Å². The number of carboxylic acids is 1. The number of carbonyl (C=O) groups is 2. The molecule has 2 rings (SSSR count). The van der Waals surface area contributed by atoms with E-state index in [1.54, 1.807) is 11.3 Å². The van der Waals surface area contributed by atoms with Crippen molar-refractivity contribution in [3.8, 4) is 0 Å². The minimum atomic E-state index is -0.821. The van der Waals surface area contributed by atoms with Gasteiger partial charge in [0, 0.05) is 18.0 Å². The van der Waals surface area contributed by atoms with Crippen LogP contribution in [0.4, 0.5) is 5.00 Å². The number of carbonyl (C=O) groups excluding carboxylic acids is 1. The van der Waals surface area contributed by atoms with Gasteiger partial charge in [0.15, 0.2) is 0 Å². The number of amides is 1. The molecule has 0 saturated heterocycles. The number of thiophene rings is 1. The number of hydrogen-bond donors (Lipinski definition) is 2. The highest BCUT2D eigenvalue weighted by atomic mass is 32.1. The van der Waals surface area contributed by atoms with Crippen molar-refractivity contribution in [2.45, 2.75) is 45.4 Å². The number of anilines is 1. The molecule has 1 aliphatic rings. The molecule has 0 aromatic carbocycles. The monoisotopic (exact) mass is 310 g/mol. The number of nitrogens with zero attached hydrogens (tertiary/aromatic N) is 1. The summed E-state index contributed by atoms with van der Waals surface area (Å²) >= 11 is 1.62. The first-order valence-corrected chi connectivity index (χ1v) is 8.27. The summed E-state index contributed by atoms with van der Waals surface area (Å²) in [7, 11) is 0. The van der Waals surface area contributed by atoms with Gasteiger partial charge in [-0.05, 0) is 37.7 Å². The van der Waals surface area contributed by atoms with E-state index in [1.807, 2.05) is 11.8 Å². The van der Waals surface area contributed by atoms with E-state index in [9.17, 15) is 9.59 Å². The number of primary amides is 1. The average molecular weight is 310 g/mol. The van der Waals surface area contributed by atoms with Crippen LogP contribution in [0.3, 0.4) is 0 Å². The van der Waals surface area contributed by atoms with E-state index in [4.69, 9.17) is 10.8 Å². The van der Waals surface area contributed by atoms with E-state index in [0.717, 1.165) is 49.2 Å². The largest absolute Gasteiger partial charge is 0.481 e. The summed E-state index contributed by atoms with van der Waals surface area (Å²) < 4.78 is 0. The van der Waals surface area contributed by atoms with Crippen LogP contribution >= 0.6 is 11.3 Å². The van der Waals surface area contributed by atoms with E-state index in [1.165, 1.54) is 4.88 Å². The summed E-state index contributed by atoms with van der Waals surface area (Å²) in [6, 6.07) is 0. The molecule has 1 aromatic heterocycles. The predicted molar refractivity (Wildman–Crippen MR) is 84.2 cm³/mol. The zero-order valence-corrected chi connectivity index (χ0v) is 13.2. The van der Waals surface area contributed by atoms with E-state index in [2.05, 4.69) is 0 Å². The summed E-state index contributed by atoms with van der Waals surface area (Å²) in [5, 5.41) is 9.78. The second kappa shape index (κ2) is 6.93. The SMILES string of the molecule is CCCN(CCC(=O)O)c1sc2c(c1C(N)=O)CCCC2. The molecule has 1 amide bonds. The molecule has 0 fully saturated rings. The second-order valence-corrected chi connectivity index (χ2v) is 6.47. The molecule has 1 aromatic rings. The summed E-state index contributed by atoms with van der Waals surface area (Å²) in [4.78, 5) is 26.0. The molecular weight excluding hydrogens is 288 g/mol. The number of aliphatic carboxylic acids is 1. The second-order valence-electron chi connectivity index (χ2n) is 5.39. The predicted octanol–water partition coefficient (Wildman–Crippen LogP) is 2.42. The molecule has 0 radical (unpaired) electrons. The third-order valence-corrected chi connectivity index (χ3v) is 5.13. The lowest BCUT2D eigenvalue weighted by Crippen LogP contribution is -2.28. The lowest BCUT2D eigenvalue weighted by atomic mass is 9.95. The van der Waals surface area contributed by atoms with E-state index in [0.29, 0.717) is 12.1 Å². The highest BCUT2D eigenvalue weighted by molar-refractivity contribution is 7.16. The quantitative estimate of drug-likeness (QED) is 0.810. The minimum Gasteiger partial charge on any atom is -0.481 e. The maximum absolute atomic E-state index is 11.9. The topological polar surface area (TPSA) is 83.6 Å². The van der Waals surface area contributed by atoms with Gasteiger partial charge >= 0.3 is 5.97 Å². The number of carboxylic acid groups (broad SMARTS) is 1. The molecule has 6 heteroatoms. The van der Waals surface area contributed by atoms with Crippen molar-refractivity contribution in [3.05, 3.63) is 16.0 Å². The lowest BCUT2D eigenvalue weighted by Gasteiger charge is -2.23. The van der Waals surface area contributed by atoms with Crippen LogP contribution in [0.1, 0.15) is 53.4 Å². The van der Waals surface area contributed by atoms with Gasteiger partial charge in [-0.3, -0.25) is 9.59 Å². The molecule has 0 bridgehead atoms. The van der Waals surface area contributed by atoms with Crippen LogP contribution in [-0.4, -0.2) is 30.1 Å². The molecule has 0 aliphatic heterocycles. The maximum atomic E-state index is 11.9. The molecule has 0 saturated carbocycles. The Bertz CT molecular complexity index is 539. The Morgan fingerprint density at radius 1 is 1.29 bits per heavy atom. The van der Waals surface area contributed by atoms with Crippen LogP contribution < -0.4 is 10.6 Å². The van der Waals surface area contributed by atoms with Gasteiger partial charge < -0.3 is 15.7 Å². The maximum Gasteiger partial charge on any atom is 0.305 e. The van der Waals surface area contributed by atoms with Gasteiger partial charge in [-0.15, -0.1) is 11.3 Å². The first-order chi connectivity index (χ1) is 10.0. The van der Waals surface area contributed by atoms with Crippen molar-refractivity contribution >= 4 is 28.2 Å². The molecule has 0 atom stereocenters. The number of nitrogens with two attached hydrogens (primary N) is 1. The van der Waals surface area contributed by atoms with Crippen LogP contribution in [0.5, 0.6) is 0 Å². The fourth-order valence-electron chi connectivity index (χ4n) is 2.84. The van der Waals surface area contributed by atoms with Gasteiger partial charge in [0.1, 0.15) is 5.00 Å². The normalized spacial score (nSPS) is 13.8. The van der Waals surface area contributed by atoms with Gasteiger partial charge in [-0.25, -0.2) is 0 Å². The molecule has 116 valence electrons. The Labute approximate surface area is 128 Å². The van der Waals surface area contributed by atoms with Gasteiger partial charge in [-0.1, -0.05) is 6.92 Å². The van der Waals surface area contributed by atoms with Crippen molar-refractivity contribution in [1.82, 2.24) is 0 Å². The van der Waals surface area contributed by atoms with Crippen molar-refractivity contribution < 1.29 is 14.7 Å². The summed E-state index contributed by atoms with van der Waals surface area (Å²) in [6.45, 7) is 3.21. The fourth-order valence-corrected chi connectivity index (χ4v) is 4.29. The lowest BCUT2D eigenvalue weighted by molar-refractivity contribution is -0.136. The number of fused-ring (bicyclic) bond motifs is 1. The van der Waals surface area contributed by atoms with Crippen molar-refractivity contribution in [1.29, 1.82) is 0 Å². The Kier molecular flexibility index (Phi) is 5.22. The average Bonchev–Trinajstić information content (AvgIpc) is 2.82. The van der Waals surface area contributed by atoms with E-state index in [-0.39, 0.29) is 12.3 Å². The fraction of sp³-hybridized carbons (Fsp3) is 0.600. The van der Waals surface area contributed by atoms with Crippen LogP contribution in [0, 0.1) is 0 Å². The highest BCUT2D eigenvalue weighted by Gasteiger charge is 2.26. The Balaban J connectivity index is 2.36. The standard InChI is InChI=1S/C15H22N2O3S/c1-2-8-17(9-7-12(18)19)15-13(14(16)20)10-5-3-4-6-11(10)21-15/h2-9H2,1H3,(H2,16,20)(H,18,19). The van der Waals surface area contributed by atoms with Crippen molar-refractivity contribution in [2.24, 2.45) is 5.73 Å². The molecule has 5 nitrogen and oxygen atoms in total. The summed E-state index contributed by atoms with van der Waals surface area (Å²) in [5.41, 5.74) is 7.33. The first-order valence-electron chi connectivity index (χ1n) is 7.45. The Morgan fingerprint density at radius 2 is 2.00 bits per heavy atom. The van der Waals surface area contributed by atoms with Crippen LogP contribution in [-0.2, 0) is 17.6 Å². The molecule has 0 spiro atoms. The molecule has 3 N–H and O–H groups in total. The minimum absolute atomic E-state index is 0.0702. The number of aryl methyl sites for hydroxylation is 1. The molecule has 21 heavy (non-hydrogen) atoms. The van der Waals surface area contributed by atoms with Crippen molar-refractivity contribution in [3.63, 3.8) is 0 Å². The van der Waals surface area contributed by atoms with Gasteiger partial charge in [0.2, 0.25) is 0 Å². The number of rotatable bonds is 7. The Morgan fingerprint density at radius 3 is 2.62 bits per heavy atom. The van der Waals surface area contributed by atoms with E-state index >= 15 is 0 Å². The van der Waals surface area contributed by atoms with Crippen molar-refractivity contribution in [2.75, 3.05) is 18.0 Å². The molecule has 0 unspecified atom stereocenters. The van der Waals surface area contributed by atoms with Gasteiger partial charge in [-0.2, -0.15) is 0 Å². The Hall–Kier alpha value is -1.56. The zero-order valence-electron chi connectivity index (χ0n) is 12.4. The van der Waals surface area contributed by atoms with Crippen LogP contribution in [0.25, 0.3) is 0 Å².